The first-order valence-corrected chi connectivity index (χ1v) is 4.33. The van der Waals surface area contributed by atoms with E-state index < -0.39 is 6.36 Å². The summed E-state index contributed by atoms with van der Waals surface area (Å²) < 4.78 is 39.3. The molecule has 0 atom stereocenters. The van der Waals surface area contributed by atoms with Crippen LogP contribution in [0.2, 0.25) is 0 Å². The Bertz CT molecular complexity index is 400. The minimum Gasteiger partial charge on any atom is -0.406 e. The number of nitrogens with one attached hydrogen (secondary N) is 1. The highest BCUT2D eigenvalue weighted by molar-refractivity contribution is 5.98. The van der Waals surface area contributed by atoms with Crippen molar-refractivity contribution in [3.8, 4) is 5.75 Å². The third-order valence-electron chi connectivity index (χ3n) is 1.82. The van der Waals surface area contributed by atoms with Crippen LogP contribution in [0.3, 0.4) is 0 Å². The van der Waals surface area contributed by atoms with Crippen LogP contribution < -0.4 is 10.2 Å². The first-order chi connectivity index (χ1) is 7.54. The van der Waals surface area contributed by atoms with E-state index in [9.17, 15) is 13.2 Å². The van der Waals surface area contributed by atoms with Gasteiger partial charge in [-0.15, -0.1) is 13.2 Å². The van der Waals surface area contributed by atoms with Crippen LogP contribution in [0.25, 0.3) is 0 Å². The van der Waals surface area contributed by atoms with Gasteiger partial charge in [-0.05, 0) is 24.3 Å². The van der Waals surface area contributed by atoms with Gasteiger partial charge in [0, 0.05) is 5.56 Å². The molecule has 0 unspecified atom stereocenters. The van der Waals surface area contributed by atoms with Gasteiger partial charge in [0.25, 0.3) is 0 Å². The summed E-state index contributed by atoms with van der Waals surface area (Å²) in [5, 5.41) is 0. The van der Waals surface area contributed by atoms with Gasteiger partial charge in [-0.2, -0.15) is 0 Å². The normalized spacial score (nSPS) is 15.6. The number of rotatable bonds is 2. The zero-order valence-corrected chi connectivity index (χ0v) is 7.91. The molecule has 0 fully saturated rings. The predicted octanol–water partition coefficient (Wildman–Crippen LogP) is 1.82. The smallest absolute Gasteiger partial charge is 0.406 e. The topological polar surface area (TPSA) is 42.9 Å². The van der Waals surface area contributed by atoms with Crippen molar-refractivity contribution >= 4 is 5.84 Å². The van der Waals surface area contributed by atoms with E-state index >= 15 is 0 Å². The summed E-state index contributed by atoms with van der Waals surface area (Å²) in [4.78, 5) is 8.69. The summed E-state index contributed by atoms with van der Waals surface area (Å²) >= 11 is 0. The standard InChI is InChI=1S/C9H7F3N2O2/c10-9(11,12)16-7-3-1-6(2-4-7)8-13-5-15-14-8/h1-4H,5H2,(H,13,14). The lowest BCUT2D eigenvalue weighted by atomic mass is 10.2. The molecular weight excluding hydrogens is 225 g/mol. The first-order valence-electron chi connectivity index (χ1n) is 4.33. The lowest BCUT2D eigenvalue weighted by Gasteiger charge is -2.09. The van der Waals surface area contributed by atoms with E-state index in [0.717, 1.165) is 0 Å². The SMILES string of the molecule is FC(F)(F)Oc1ccc(C2=NCON2)cc1. The molecule has 7 heteroatoms. The van der Waals surface area contributed by atoms with E-state index in [2.05, 4.69) is 15.2 Å². The van der Waals surface area contributed by atoms with Gasteiger partial charge >= 0.3 is 6.36 Å². The van der Waals surface area contributed by atoms with Crippen molar-refractivity contribution in [2.24, 2.45) is 4.99 Å². The van der Waals surface area contributed by atoms with Crippen LogP contribution in [0.4, 0.5) is 13.2 Å². The molecule has 0 bridgehead atoms. The number of hydrogen-bond donors (Lipinski definition) is 1. The average Bonchev–Trinajstić information content (AvgIpc) is 2.69. The maximum atomic E-state index is 11.9. The maximum Gasteiger partial charge on any atom is 0.573 e. The van der Waals surface area contributed by atoms with E-state index in [1.165, 1.54) is 24.3 Å². The highest BCUT2D eigenvalue weighted by atomic mass is 19.4. The molecule has 0 spiro atoms. The van der Waals surface area contributed by atoms with Gasteiger partial charge in [0.05, 0.1) is 0 Å². The second kappa shape index (κ2) is 4.01. The molecule has 1 N–H and O–H groups in total. The largest absolute Gasteiger partial charge is 0.573 e. The zero-order valence-electron chi connectivity index (χ0n) is 7.91. The van der Waals surface area contributed by atoms with Gasteiger partial charge < -0.3 is 4.74 Å². The number of benzene rings is 1. The Kier molecular flexibility index (Phi) is 2.69. The fraction of sp³-hybridized carbons (Fsp3) is 0.222. The Morgan fingerprint density at radius 2 is 1.94 bits per heavy atom. The highest BCUT2D eigenvalue weighted by Crippen LogP contribution is 2.22. The number of ether oxygens (including phenoxy) is 1. The van der Waals surface area contributed by atoms with Crippen LogP contribution in [0.5, 0.6) is 5.75 Å². The van der Waals surface area contributed by atoms with Crippen molar-refractivity contribution < 1.29 is 22.7 Å². The molecule has 16 heavy (non-hydrogen) atoms. The van der Waals surface area contributed by atoms with E-state index in [-0.39, 0.29) is 12.5 Å². The second-order valence-electron chi connectivity index (χ2n) is 2.95. The summed E-state index contributed by atoms with van der Waals surface area (Å²) in [6.45, 7) is 0.191. The van der Waals surface area contributed by atoms with Gasteiger partial charge in [-0.25, -0.2) is 10.5 Å². The van der Waals surface area contributed by atoms with Crippen LogP contribution in [0, 0.1) is 0 Å². The number of amidine groups is 1. The predicted molar refractivity (Wildman–Crippen MR) is 48.7 cm³/mol. The molecule has 0 aliphatic carbocycles. The molecule has 0 saturated carbocycles. The Morgan fingerprint density at radius 1 is 1.25 bits per heavy atom. The lowest BCUT2D eigenvalue weighted by molar-refractivity contribution is -0.274. The molecule has 1 aromatic carbocycles. The molecule has 0 radical (unpaired) electrons. The average molecular weight is 232 g/mol. The molecule has 1 aliphatic heterocycles. The minimum absolute atomic E-state index is 0.191. The molecule has 4 nitrogen and oxygen atoms in total. The van der Waals surface area contributed by atoms with Gasteiger partial charge in [-0.1, -0.05) is 0 Å². The van der Waals surface area contributed by atoms with Crippen LogP contribution >= 0.6 is 0 Å². The quantitative estimate of drug-likeness (QED) is 0.845. The number of halogens is 3. The molecule has 0 amide bonds. The van der Waals surface area contributed by atoms with Crippen molar-refractivity contribution in [2.75, 3.05) is 6.73 Å². The number of nitrogens with zero attached hydrogens (tertiary/aromatic N) is 1. The summed E-state index contributed by atoms with van der Waals surface area (Å²) in [6.07, 6.45) is -4.67. The van der Waals surface area contributed by atoms with Gasteiger partial charge in [0.2, 0.25) is 0 Å². The molecule has 86 valence electrons. The van der Waals surface area contributed by atoms with Crippen molar-refractivity contribution in [1.82, 2.24) is 5.48 Å². The Balaban J connectivity index is 2.10. The summed E-state index contributed by atoms with van der Waals surface area (Å²) in [5.74, 6) is 0.217. The third-order valence-corrected chi connectivity index (χ3v) is 1.82. The summed E-state index contributed by atoms with van der Waals surface area (Å²) in [7, 11) is 0. The molecule has 2 rings (SSSR count). The van der Waals surface area contributed by atoms with E-state index in [0.29, 0.717) is 11.4 Å². The number of alkyl halides is 3. The number of hydroxylamine groups is 1. The van der Waals surface area contributed by atoms with Crippen molar-refractivity contribution in [1.29, 1.82) is 0 Å². The first kappa shape index (κ1) is 10.7. The molecular formula is C9H7F3N2O2. The third kappa shape index (κ3) is 2.63. The number of hydrogen-bond acceptors (Lipinski definition) is 4. The Labute approximate surface area is 88.6 Å². The van der Waals surface area contributed by atoms with Gasteiger partial charge in [-0.3, -0.25) is 4.84 Å². The second-order valence-corrected chi connectivity index (χ2v) is 2.95. The zero-order chi connectivity index (χ0) is 11.6. The van der Waals surface area contributed by atoms with Crippen LogP contribution in [0.15, 0.2) is 29.3 Å². The summed E-state index contributed by atoms with van der Waals surface area (Å²) in [6, 6.07) is 5.35. The lowest BCUT2D eigenvalue weighted by Crippen LogP contribution is -2.18. The van der Waals surface area contributed by atoms with Crippen molar-refractivity contribution in [2.45, 2.75) is 6.36 Å². The minimum atomic E-state index is -4.67. The monoisotopic (exact) mass is 232 g/mol. The molecule has 1 aliphatic rings. The van der Waals surface area contributed by atoms with E-state index in [4.69, 9.17) is 4.84 Å². The van der Waals surface area contributed by atoms with Crippen LogP contribution in [0.1, 0.15) is 5.56 Å². The molecule has 0 saturated heterocycles. The Morgan fingerprint density at radius 3 is 2.44 bits per heavy atom. The van der Waals surface area contributed by atoms with Crippen LogP contribution in [-0.4, -0.2) is 18.9 Å². The highest BCUT2D eigenvalue weighted by Gasteiger charge is 2.31. The van der Waals surface area contributed by atoms with Gasteiger partial charge in [0.1, 0.15) is 5.75 Å². The molecule has 1 aromatic rings. The fourth-order valence-corrected chi connectivity index (χ4v) is 1.19. The van der Waals surface area contributed by atoms with E-state index in [1.807, 2.05) is 0 Å². The maximum absolute atomic E-state index is 11.9. The van der Waals surface area contributed by atoms with E-state index in [1.54, 1.807) is 0 Å². The van der Waals surface area contributed by atoms with Crippen LogP contribution in [-0.2, 0) is 4.84 Å². The Hall–Kier alpha value is -1.76. The summed E-state index contributed by atoms with van der Waals surface area (Å²) in [5.41, 5.74) is 3.16. The van der Waals surface area contributed by atoms with Gasteiger partial charge in [0.15, 0.2) is 12.6 Å². The molecule has 1 heterocycles. The van der Waals surface area contributed by atoms with Crippen molar-refractivity contribution in [3.05, 3.63) is 29.8 Å². The number of aliphatic imine (C=N–C) groups is 1. The fourth-order valence-electron chi connectivity index (χ4n) is 1.19. The molecule has 0 aromatic heterocycles. The van der Waals surface area contributed by atoms with Crippen molar-refractivity contribution in [3.63, 3.8) is 0 Å².